The first-order valence-electron chi connectivity index (χ1n) is 42.8. The fourth-order valence-corrected chi connectivity index (χ4v) is 19.1. The molecule has 4 heterocycles. The molecule has 0 N–H and O–H groups in total. The van der Waals surface area contributed by atoms with Crippen molar-refractivity contribution in [1.82, 2.24) is 0 Å². The van der Waals surface area contributed by atoms with Crippen molar-refractivity contribution in [3.05, 3.63) is 461 Å². The Kier molecular flexibility index (Phi) is 17.8. The minimum atomic E-state index is 0.840. The maximum absolute atomic E-state index is 7.00. The molecule has 8 nitrogen and oxygen atoms in total. The number of furan rings is 4. The van der Waals surface area contributed by atoms with E-state index in [9.17, 15) is 0 Å². The highest BCUT2D eigenvalue weighted by atomic mass is 16.3. The first-order valence-corrected chi connectivity index (χ1v) is 42.8. The van der Waals surface area contributed by atoms with Gasteiger partial charge in [0.25, 0.3) is 0 Å². The summed E-state index contributed by atoms with van der Waals surface area (Å²) in [7, 11) is 0. The normalized spacial score (nSPS) is 11.7. The molecule has 21 aromatic carbocycles. The van der Waals surface area contributed by atoms with Gasteiger partial charge in [0.2, 0.25) is 0 Å². The summed E-state index contributed by atoms with van der Waals surface area (Å²) in [6.45, 7) is 0. The van der Waals surface area contributed by atoms with Gasteiger partial charge in [0.1, 0.15) is 33.5 Å². The van der Waals surface area contributed by atoms with Crippen molar-refractivity contribution in [1.29, 1.82) is 0 Å². The van der Waals surface area contributed by atoms with Gasteiger partial charge in [-0.2, -0.15) is 0 Å². The average molecular weight is 1610 g/mol. The van der Waals surface area contributed by atoms with Gasteiger partial charge in [-0.25, -0.2) is 0 Å². The summed E-state index contributed by atoms with van der Waals surface area (Å²) in [5, 5.41) is 18.1. The average Bonchev–Trinajstić information content (AvgIpc) is 1.55. The molecule has 25 rings (SSSR count). The largest absolute Gasteiger partial charge is 0.455 e. The van der Waals surface area contributed by atoms with Gasteiger partial charge < -0.3 is 37.3 Å². The first-order chi connectivity index (χ1) is 62.5. The second-order valence-electron chi connectivity index (χ2n) is 32.1. The lowest BCUT2D eigenvalue weighted by atomic mass is 9.95. The van der Waals surface area contributed by atoms with Crippen LogP contribution in [0.5, 0.6) is 0 Å². The molecule has 4 aromatic heterocycles. The fraction of sp³-hybridized carbons (Fsp3) is 0. The Labute approximate surface area is 726 Å². The summed E-state index contributed by atoms with van der Waals surface area (Å²) in [6.07, 6.45) is 0. The second kappa shape index (κ2) is 30.6. The number of para-hydroxylation sites is 11. The van der Waals surface area contributed by atoms with Crippen LogP contribution in [-0.4, -0.2) is 0 Å². The van der Waals surface area contributed by atoms with E-state index in [1.165, 1.54) is 21.5 Å². The van der Waals surface area contributed by atoms with E-state index >= 15 is 0 Å². The van der Waals surface area contributed by atoms with Gasteiger partial charge in [-0.3, -0.25) is 0 Å². The Morgan fingerprint density at radius 1 is 0.135 bits per heavy atom. The van der Waals surface area contributed by atoms with Crippen LogP contribution in [0.2, 0.25) is 0 Å². The van der Waals surface area contributed by atoms with Gasteiger partial charge >= 0.3 is 0 Å². The van der Waals surface area contributed by atoms with Crippen molar-refractivity contribution in [3.63, 3.8) is 0 Å². The molecule has 0 bridgehead atoms. The van der Waals surface area contributed by atoms with Crippen molar-refractivity contribution in [3.8, 4) is 33.4 Å². The van der Waals surface area contributed by atoms with E-state index in [4.69, 9.17) is 17.7 Å². The predicted molar refractivity (Wildman–Crippen MR) is 527 cm³/mol. The lowest BCUT2D eigenvalue weighted by molar-refractivity contribution is 0.669. The van der Waals surface area contributed by atoms with Crippen LogP contribution < -0.4 is 19.6 Å². The molecule has 0 atom stereocenters. The summed E-state index contributed by atoms with van der Waals surface area (Å²) in [6, 6.07) is 163. The molecule has 0 amide bonds. The Hall–Kier alpha value is -16.9. The van der Waals surface area contributed by atoms with Crippen molar-refractivity contribution < 1.29 is 17.7 Å². The smallest absolute Gasteiger partial charge is 0.159 e. The Bertz CT molecular complexity index is 8330. The minimum Gasteiger partial charge on any atom is -0.455 e. The van der Waals surface area contributed by atoms with Crippen LogP contribution in [0.15, 0.2) is 479 Å². The molecule has 0 spiro atoms. The molecule has 126 heavy (non-hydrogen) atoms. The molecular weight excluding hydrogens is 1540 g/mol. The van der Waals surface area contributed by atoms with Gasteiger partial charge in [0, 0.05) is 116 Å². The van der Waals surface area contributed by atoms with Crippen molar-refractivity contribution >= 4 is 199 Å². The van der Waals surface area contributed by atoms with Crippen LogP contribution in [0, 0.1) is 0 Å². The molecule has 8 heteroatoms. The molecule has 0 aliphatic rings. The molecule has 0 unspecified atom stereocenters. The molecule has 0 aliphatic heterocycles. The highest BCUT2D eigenvalue weighted by Crippen LogP contribution is 2.51. The Balaban J connectivity index is 0.000000142. The first kappa shape index (κ1) is 73.0. The third-order valence-corrected chi connectivity index (χ3v) is 24.8. The summed E-state index contributed by atoms with van der Waals surface area (Å²) in [5.41, 5.74) is 26.4. The molecule has 0 aliphatic carbocycles. The van der Waals surface area contributed by atoms with E-state index in [0.29, 0.717) is 0 Å². The number of fused-ring (bicyclic) bond motifs is 22. The van der Waals surface area contributed by atoms with Crippen LogP contribution in [0.25, 0.3) is 164 Å². The maximum atomic E-state index is 7.00. The third kappa shape index (κ3) is 12.5. The number of nitrogens with zero attached hydrogens (tertiary/aromatic N) is 4. The Morgan fingerprint density at radius 3 is 0.865 bits per heavy atom. The monoisotopic (exact) mass is 1610 g/mol. The number of hydrogen-bond donors (Lipinski definition) is 0. The van der Waals surface area contributed by atoms with E-state index in [-0.39, 0.29) is 0 Å². The number of rotatable bonds is 15. The summed E-state index contributed by atoms with van der Waals surface area (Å²) in [5.74, 6) is 0. The van der Waals surface area contributed by atoms with E-state index in [2.05, 4.69) is 456 Å². The van der Waals surface area contributed by atoms with Gasteiger partial charge in [-0.05, 0) is 236 Å². The van der Waals surface area contributed by atoms with Crippen molar-refractivity contribution in [2.45, 2.75) is 0 Å². The molecular formula is C118H76N4O4. The van der Waals surface area contributed by atoms with Crippen LogP contribution >= 0.6 is 0 Å². The topological polar surface area (TPSA) is 65.5 Å². The highest BCUT2D eigenvalue weighted by molar-refractivity contribution is 6.32. The number of hydrogen-bond acceptors (Lipinski definition) is 8. The van der Waals surface area contributed by atoms with Gasteiger partial charge in [-0.1, -0.05) is 285 Å². The second-order valence-corrected chi connectivity index (χ2v) is 32.1. The molecule has 0 saturated carbocycles. The SMILES string of the molecule is c1ccc(N(c2ccccc2)c2ccc3c(c2)c2ccccc2c2c4ccc(-c5ccc(-c6ccc(N(c7ccccc7)c7cccc8c7oc7ccccc78)cc6)cc5)cc4oc32)cc1.c1ccc(N(c2ccccc2)c2ccc3c(c2)c2ccccc2c2c4ccc(-c5cccc6c5oc5c(N(c7ccccc7)c7ccccc7)cccc56)cc4oc32)cc1. The van der Waals surface area contributed by atoms with Gasteiger partial charge in [0.15, 0.2) is 11.2 Å². The van der Waals surface area contributed by atoms with Crippen molar-refractivity contribution in [2.24, 2.45) is 0 Å². The van der Waals surface area contributed by atoms with Gasteiger partial charge in [-0.15, -0.1) is 0 Å². The maximum Gasteiger partial charge on any atom is 0.159 e. The summed E-state index contributed by atoms with van der Waals surface area (Å²) >= 11 is 0. The van der Waals surface area contributed by atoms with Gasteiger partial charge in [0.05, 0.1) is 11.4 Å². The quantitative estimate of drug-likeness (QED) is 0.0941. The molecule has 0 fully saturated rings. The van der Waals surface area contributed by atoms with E-state index in [0.717, 1.165) is 211 Å². The van der Waals surface area contributed by atoms with E-state index < -0.39 is 0 Å². The Morgan fingerprint density at radius 2 is 0.421 bits per heavy atom. The van der Waals surface area contributed by atoms with Crippen LogP contribution in [0.3, 0.4) is 0 Å². The highest BCUT2D eigenvalue weighted by Gasteiger charge is 2.27. The van der Waals surface area contributed by atoms with Crippen LogP contribution in [0.1, 0.15) is 0 Å². The minimum absolute atomic E-state index is 0.840. The lowest BCUT2D eigenvalue weighted by Gasteiger charge is -2.26. The molecule has 0 saturated heterocycles. The summed E-state index contributed by atoms with van der Waals surface area (Å²) in [4.78, 5) is 9.17. The van der Waals surface area contributed by atoms with E-state index in [1.54, 1.807) is 0 Å². The van der Waals surface area contributed by atoms with Crippen LogP contribution in [-0.2, 0) is 0 Å². The third-order valence-electron chi connectivity index (χ3n) is 24.8. The fourth-order valence-electron chi connectivity index (χ4n) is 19.1. The lowest BCUT2D eigenvalue weighted by Crippen LogP contribution is -2.10. The zero-order valence-corrected chi connectivity index (χ0v) is 68.3. The van der Waals surface area contributed by atoms with E-state index in [1.807, 2.05) is 24.3 Å². The molecule has 25 aromatic rings. The standard InChI is InChI=1S/C62H40N2O2.C56H36N2O2/c1-4-15-45(16-5-1)63(46-17-6-2-7-18-46)49-36-38-54-56(40-49)50-21-10-11-23-52(50)60-55-37-33-44(39-59(55)66-62(54)60)43-29-27-41(28-30-43)42-31-34-48(35-32-42)64(47-19-8-3-9-20-47)57-25-14-24-53-51-22-12-13-26-58(51)65-61(53)57;1-5-17-38(18-6-1)57(39-19-7-2-8-20-39)42-32-34-48-50(36-42)44-25-13-14-26-45(44)53-49-33-31-37(35-52(49)59-56(48)53)43-27-15-28-46-47-29-16-30-51(55(47)60-54(43)46)58(40-21-9-3-10-22-40)41-23-11-4-12-24-41/h1-40H;1-36H. The molecule has 592 valence electrons. The predicted octanol–water partition coefficient (Wildman–Crippen LogP) is 34.5. The zero-order valence-electron chi connectivity index (χ0n) is 68.3. The number of benzene rings is 21. The number of anilines is 12. The summed E-state index contributed by atoms with van der Waals surface area (Å²) < 4.78 is 27.4. The zero-order chi connectivity index (χ0) is 83.1. The van der Waals surface area contributed by atoms with Crippen LogP contribution in [0.4, 0.5) is 68.2 Å². The van der Waals surface area contributed by atoms with Crippen molar-refractivity contribution in [2.75, 3.05) is 19.6 Å². The molecule has 0 radical (unpaired) electrons.